The molecule has 0 aliphatic heterocycles. The van der Waals surface area contributed by atoms with E-state index in [2.05, 4.69) is 0 Å². The van der Waals surface area contributed by atoms with Gasteiger partial charge in [-0.1, -0.05) is 37.1 Å². The van der Waals surface area contributed by atoms with Gasteiger partial charge in [-0.3, -0.25) is 4.79 Å². The van der Waals surface area contributed by atoms with Crippen molar-refractivity contribution in [2.24, 2.45) is 11.1 Å². The lowest BCUT2D eigenvalue weighted by Gasteiger charge is -2.16. The van der Waals surface area contributed by atoms with Crippen LogP contribution in [-0.4, -0.2) is 26.1 Å². The fourth-order valence-electron chi connectivity index (χ4n) is 4.29. The monoisotopic (exact) mass is 453 g/mol. The summed E-state index contributed by atoms with van der Waals surface area (Å²) in [4.78, 5) is 11.1. The van der Waals surface area contributed by atoms with Crippen molar-refractivity contribution in [3.05, 3.63) is 60.2 Å². The Morgan fingerprint density at radius 1 is 1.00 bits per heavy atom. The molecule has 1 fully saturated rings. The fraction of sp³-hybridized carbons (Fsp3) is 0.320. The number of fused-ring (bicyclic) bond motifs is 1. The zero-order chi connectivity index (χ0) is 22.7. The van der Waals surface area contributed by atoms with Gasteiger partial charge < -0.3 is 9.84 Å². The van der Waals surface area contributed by atoms with Crippen molar-refractivity contribution in [2.75, 3.05) is 6.61 Å². The van der Waals surface area contributed by atoms with Crippen LogP contribution in [-0.2, 0) is 21.2 Å². The van der Waals surface area contributed by atoms with Gasteiger partial charge >= 0.3 is 5.97 Å². The molecule has 1 aliphatic carbocycles. The Balaban J connectivity index is 1.69. The summed E-state index contributed by atoms with van der Waals surface area (Å²) >= 11 is 0. The van der Waals surface area contributed by atoms with Crippen LogP contribution in [0.1, 0.15) is 37.7 Å². The van der Waals surface area contributed by atoms with Crippen LogP contribution in [0.15, 0.2) is 59.5 Å². The van der Waals surface area contributed by atoms with Gasteiger partial charge in [0.05, 0.1) is 11.5 Å². The first kappa shape index (κ1) is 22.3. The predicted octanol–water partition coefficient (Wildman–Crippen LogP) is 4.74. The number of ether oxygens (including phenoxy) is 1. The van der Waals surface area contributed by atoms with E-state index in [9.17, 15) is 13.2 Å². The molecule has 3 aromatic carbocycles. The number of carboxylic acid groups (broad SMARTS) is 1. The average Bonchev–Trinajstić information content (AvgIpc) is 3.29. The maximum Gasteiger partial charge on any atom is 0.303 e. The lowest BCUT2D eigenvalue weighted by atomic mass is 9.97. The third-order valence-corrected chi connectivity index (χ3v) is 6.98. The molecule has 0 radical (unpaired) electrons. The molecule has 4 rings (SSSR count). The van der Waals surface area contributed by atoms with Crippen molar-refractivity contribution < 1.29 is 23.1 Å². The Labute approximate surface area is 188 Å². The second-order valence-corrected chi connectivity index (χ2v) is 10.0. The van der Waals surface area contributed by atoms with Crippen LogP contribution in [0.4, 0.5) is 0 Å². The number of rotatable bonds is 8. The average molecular weight is 454 g/mol. The second-order valence-electron chi connectivity index (χ2n) is 8.45. The number of aryl methyl sites for hydroxylation is 1. The lowest BCUT2D eigenvalue weighted by Crippen LogP contribution is -2.11. The van der Waals surface area contributed by atoms with E-state index in [1.807, 2.05) is 36.4 Å². The third kappa shape index (κ3) is 5.29. The highest BCUT2D eigenvalue weighted by molar-refractivity contribution is 7.89. The summed E-state index contributed by atoms with van der Waals surface area (Å²) in [6.07, 6.45) is 5.38. The predicted molar refractivity (Wildman–Crippen MR) is 124 cm³/mol. The quantitative estimate of drug-likeness (QED) is 0.512. The minimum atomic E-state index is -3.77. The van der Waals surface area contributed by atoms with E-state index in [0.717, 1.165) is 33.2 Å². The van der Waals surface area contributed by atoms with E-state index in [-0.39, 0.29) is 11.3 Å². The summed E-state index contributed by atoms with van der Waals surface area (Å²) in [5, 5.41) is 16.0. The van der Waals surface area contributed by atoms with Crippen molar-refractivity contribution >= 4 is 26.8 Å². The van der Waals surface area contributed by atoms with Gasteiger partial charge in [0.15, 0.2) is 0 Å². The Hall–Kier alpha value is -2.90. The molecular weight excluding hydrogens is 426 g/mol. The zero-order valence-corrected chi connectivity index (χ0v) is 18.6. The number of primary sulfonamides is 1. The molecule has 0 heterocycles. The van der Waals surface area contributed by atoms with Crippen LogP contribution in [0.25, 0.3) is 21.9 Å². The van der Waals surface area contributed by atoms with E-state index >= 15 is 0 Å². The van der Waals surface area contributed by atoms with E-state index in [1.54, 1.807) is 12.1 Å². The first-order chi connectivity index (χ1) is 15.3. The molecular formula is C25H27NO5S. The molecule has 0 amide bonds. The Morgan fingerprint density at radius 2 is 1.72 bits per heavy atom. The number of aliphatic carboxylic acids is 1. The van der Waals surface area contributed by atoms with Gasteiger partial charge in [0, 0.05) is 12.0 Å². The largest absolute Gasteiger partial charge is 0.493 e. The Morgan fingerprint density at radius 3 is 2.44 bits per heavy atom. The fourth-order valence-corrected chi connectivity index (χ4v) is 4.84. The lowest BCUT2D eigenvalue weighted by molar-refractivity contribution is -0.136. The summed E-state index contributed by atoms with van der Waals surface area (Å²) in [6, 6.07) is 16.4. The van der Waals surface area contributed by atoms with Gasteiger partial charge in [0.25, 0.3) is 0 Å². The summed E-state index contributed by atoms with van der Waals surface area (Å²) in [7, 11) is -3.77. The van der Waals surface area contributed by atoms with Crippen LogP contribution >= 0.6 is 0 Å². The van der Waals surface area contributed by atoms with Crippen LogP contribution in [0.3, 0.4) is 0 Å². The Kier molecular flexibility index (Phi) is 6.48. The molecule has 1 aliphatic rings. The highest BCUT2D eigenvalue weighted by Gasteiger charge is 2.17. The number of carboxylic acids is 1. The standard InChI is InChI=1S/C25H27NO5S/c26-32(29,30)22-10-9-19-14-21(8-7-20(19)15-22)23-13-17(6-12-25(27)28)5-11-24(23)31-16-18-3-1-2-4-18/h5,7-11,13-15,18H,1-4,6,12,16H2,(H,27,28)(H2,26,29,30). The van der Waals surface area contributed by atoms with Gasteiger partial charge in [-0.2, -0.15) is 0 Å². The van der Waals surface area contributed by atoms with Crippen molar-refractivity contribution in [1.82, 2.24) is 0 Å². The number of hydrogen-bond donors (Lipinski definition) is 2. The number of carbonyl (C=O) groups is 1. The summed E-state index contributed by atoms with van der Waals surface area (Å²) in [6.45, 7) is 0.673. The van der Waals surface area contributed by atoms with Crippen molar-refractivity contribution in [2.45, 2.75) is 43.4 Å². The van der Waals surface area contributed by atoms with E-state index in [0.29, 0.717) is 18.9 Å². The molecule has 1 saturated carbocycles. The van der Waals surface area contributed by atoms with Crippen LogP contribution in [0.2, 0.25) is 0 Å². The zero-order valence-electron chi connectivity index (χ0n) is 17.8. The van der Waals surface area contributed by atoms with Gasteiger partial charge in [-0.05, 0) is 77.4 Å². The maximum absolute atomic E-state index is 11.7. The van der Waals surface area contributed by atoms with Gasteiger partial charge in [0.2, 0.25) is 10.0 Å². The summed E-state index contributed by atoms with van der Waals surface area (Å²) in [5.74, 6) is 0.517. The topological polar surface area (TPSA) is 107 Å². The molecule has 3 N–H and O–H groups in total. The first-order valence-electron chi connectivity index (χ1n) is 10.8. The molecule has 0 unspecified atom stereocenters. The molecule has 0 saturated heterocycles. The molecule has 7 heteroatoms. The Bertz CT molecular complexity index is 1250. The number of hydrogen-bond acceptors (Lipinski definition) is 4. The molecule has 3 aromatic rings. The molecule has 168 valence electrons. The number of sulfonamides is 1. The van der Waals surface area contributed by atoms with Crippen LogP contribution < -0.4 is 9.88 Å². The summed E-state index contributed by atoms with van der Waals surface area (Å²) in [5.41, 5.74) is 2.77. The molecule has 32 heavy (non-hydrogen) atoms. The van der Waals surface area contributed by atoms with Crippen LogP contribution in [0.5, 0.6) is 5.75 Å². The molecule has 0 spiro atoms. The number of benzene rings is 3. The van der Waals surface area contributed by atoms with E-state index < -0.39 is 16.0 Å². The third-order valence-electron chi connectivity index (χ3n) is 6.07. The smallest absolute Gasteiger partial charge is 0.303 e. The number of nitrogens with two attached hydrogens (primary N) is 1. The van der Waals surface area contributed by atoms with E-state index in [4.69, 9.17) is 15.0 Å². The first-order valence-corrected chi connectivity index (χ1v) is 12.4. The highest BCUT2D eigenvalue weighted by atomic mass is 32.2. The SMILES string of the molecule is NS(=O)(=O)c1ccc2cc(-c3cc(CCC(=O)O)ccc3OCC3CCCC3)ccc2c1. The molecule has 0 bridgehead atoms. The molecule has 0 atom stereocenters. The van der Waals surface area contributed by atoms with Crippen molar-refractivity contribution in [1.29, 1.82) is 0 Å². The van der Waals surface area contributed by atoms with Crippen LogP contribution in [0, 0.1) is 5.92 Å². The minimum absolute atomic E-state index is 0.0653. The van der Waals surface area contributed by atoms with Crippen molar-refractivity contribution in [3.63, 3.8) is 0 Å². The minimum Gasteiger partial charge on any atom is -0.493 e. The normalized spacial score (nSPS) is 14.7. The van der Waals surface area contributed by atoms with Gasteiger partial charge in [0.1, 0.15) is 5.75 Å². The van der Waals surface area contributed by atoms with Crippen molar-refractivity contribution in [3.8, 4) is 16.9 Å². The molecule has 6 nitrogen and oxygen atoms in total. The molecule has 0 aromatic heterocycles. The highest BCUT2D eigenvalue weighted by Crippen LogP contribution is 2.35. The van der Waals surface area contributed by atoms with Gasteiger partial charge in [-0.15, -0.1) is 0 Å². The summed E-state index contributed by atoms with van der Waals surface area (Å²) < 4.78 is 29.5. The van der Waals surface area contributed by atoms with Gasteiger partial charge in [-0.25, -0.2) is 13.6 Å². The second kappa shape index (κ2) is 9.30. The maximum atomic E-state index is 11.7. The van der Waals surface area contributed by atoms with E-state index in [1.165, 1.54) is 31.7 Å².